The molecule has 3 aromatic rings. The first kappa shape index (κ1) is 12.7. The summed E-state index contributed by atoms with van der Waals surface area (Å²) in [5.74, 6) is 0. The van der Waals surface area contributed by atoms with Gasteiger partial charge in [-0.2, -0.15) is 0 Å². The van der Waals surface area contributed by atoms with Crippen LogP contribution in [0.15, 0.2) is 53.3 Å². The maximum Gasteiger partial charge on any atom is 0.181 e. The number of benzene rings is 2. The molecule has 0 spiro atoms. The van der Waals surface area contributed by atoms with Crippen LogP contribution in [0.3, 0.4) is 0 Å². The molecule has 4 nitrogen and oxygen atoms in total. The third-order valence-corrected chi connectivity index (χ3v) is 3.44. The Morgan fingerprint density at radius 3 is 2.45 bits per heavy atom. The fourth-order valence-electron chi connectivity index (χ4n) is 2.51. The Balaban J connectivity index is 2.07. The fourth-order valence-corrected chi connectivity index (χ4v) is 2.51. The van der Waals surface area contributed by atoms with E-state index in [0.717, 1.165) is 16.8 Å². The second kappa shape index (κ2) is 4.98. The second-order valence-corrected chi connectivity index (χ2v) is 5.11. The van der Waals surface area contributed by atoms with Gasteiger partial charge in [-0.15, -0.1) is 0 Å². The number of nitrogen functional groups attached to an aromatic ring is 1. The van der Waals surface area contributed by atoms with E-state index in [2.05, 4.69) is 42.2 Å². The molecule has 20 heavy (non-hydrogen) atoms. The van der Waals surface area contributed by atoms with Gasteiger partial charge in [-0.1, -0.05) is 18.2 Å². The van der Waals surface area contributed by atoms with E-state index in [1.807, 2.05) is 24.3 Å². The van der Waals surface area contributed by atoms with Crippen LogP contribution in [0, 0.1) is 0 Å². The van der Waals surface area contributed by atoms with E-state index in [4.69, 9.17) is 10.2 Å². The molecule has 0 radical (unpaired) electrons. The van der Waals surface area contributed by atoms with Crippen molar-refractivity contribution < 1.29 is 4.42 Å². The van der Waals surface area contributed by atoms with Crippen molar-refractivity contribution in [3.05, 3.63) is 60.0 Å². The molecule has 3 rings (SSSR count). The summed E-state index contributed by atoms with van der Waals surface area (Å²) < 4.78 is 5.39. The van der Waals surface area contributed by atoms with Crippen LogP contribution in [-0.4, -0.2) is 24.0 Å². The molecule has 1 atom stereocenters. The molecule has 1 unspecified atom stereocenters. The summed E-state index contributed by atoms with van der Waals surface area (Å²) in [6, 6.07) is 14.3. The Bertz CT molecular complexity index is 716. The summed E-state index contributed by atoms with van der Waals surface area (Å²) in [6.45, 7) is 0. The SMILES string of the molecule is CN(C)C(c1ccc(N)cc1)c1ccc2ncoc2c1. The number of rotatable bonds is 3. The van der Waals surface area contributed by atoms with Crippen LogP contribution in [0.2, 0.25) is 0 Å². The predicted molar refractivity (Wildman–Crippen MR) is 80.4 cm³/mol. The van der Waals surface area contributed by atoms with E-state index >= 15 is 0 Å². The number of hydrogen-bond donors (Lipinski definition) is 1. The highest BCUT2D eigenvalue weighted by atomic mass is 16.3. The minimum absolute atomic E-state index is 0.157. The Morgan fingerprint density at radius 2 is 1.75 bits per heavy atom. The zero-order valence-corrected chi connectivity index (χ0v) is 11.6. The molecule has 2 N–H and O–H groups in total. The number of aromatic nitrogens is 1. The first-order chi connectivity index (χ1) is 9.65. The van der Waals surface area contributed by atoms with Gasteiger partial charge in [-0.25, -0.2) is 4.98 Å². The van der Waals surface area contributed by atoms with Crippen molar-refractivity contribution in [2.45, 2.75) is 6.04 Å². The van der Waals surface area contributed by atoms with Crippen LogP contribution in [-0.2, 0) is 0 Å². The van der Waals surface area contributed by atoms with Crippen molar-refractivity contribution in [1.82, 2.24) is 9.88 Å². The van der Waals surface area contributed by atoms with Crippen molar-refractivity contribution in [1.29, 1.82) is 0 Å². The zero-order chi connectivity index (χ0) is 14.1. The minimum Gasteiger partial charge on any atom is -0.443 e. The van der Waals surface area contributed by atoms with Gasteiger partial charge in [-0.3, -0.25) is 4.90 Å². The van der Waals surface area contributed by atoms with Gasteiger partial charge in [0.15, 0.2) is 12.0 Å². The molecule has 1 heterocycles. The lowest BCUT2D eigenvalue weighted by atomic mass is 9.97. The van der Waals surface area contributed by atoms with Gasteiger partial charge in [0.05, 0.1) is 6.04 Å². The van der Waals surface area contributed by atoms with Crippen LogP contribution < -0.4 is 5.73 Å². The molecule has 0 aliphatic carbocycles. The topological polar surface area (TPSA) is 55.3 Å². The van der Waals surface area contributed by atoms with E-state index in [-0.39, 0.29) is 6.04 Å². The van der Waals surface area contributed by atoms with Gasteiger partial charge in [0.2, 0.25) is 0 Å². The molecule has 102 valence electrons. The van der Waals surface area contributed by atoms with Crippen molar-refractivity contribution in [3.8, 4) is 0 Å². The van der Waals surface area contributed by atoms with E-state index in [1.54, 1.807) is 0 Å². The molecule has 1 aromatic heterocycles. The van der Waals surface area contributed by atoms with Gasteiger partial charge in [0.25, 0.3) is 0 Å². The molecule has 0 fully saturated rings. The van der Waals surface area contributed by atoms with Gasteiger partial charge >= 0.3 is 0 Å². The van der Waals surface area contributed by atoms with E-state index < -0.39 is 0 Å². The molecular formula is C16H17N3O. The van der Waals surface area contributed by atoms with Crippen LogP contribution in [0.4, 0.5) is 5.69 Å². The van der Waals surface area contributed by atoms with Crippen molar-refractivity contribution in [2.24, 2.45) is 0 Å². The number of nitrogens with zero attached hydrogens (tertiary/aromatic N) is 2. The van der Waals surface area contributed by atoms with Crippen LogP contribution in [0.25, 0.3) is 11.1 Å². The summed E-state index contributed by atoms with van der Waals surface area (Å²) in [5.41, 5.74) is 10.6. The Hall–Kier alpha value is -2.33. The van der Waals surface area contributed by atoms with Gasteiger partial charge in [-0.05, 0) is 49.5 Å². The highest BCUT2D eigenvalue weighted by Crippen LogP contribution is 2.29. The van der Waals surface area contributed by atoms with Gasteiger partial charge < -0.3 is 10.2 Å². The maximum absolute atomic E-state index is 5.77. The third-order valence-electron chi connectivity index (χ3n) is 3.44. The highest BCUT2D eigenvalue weighted by Gasteiger charge is 2.17. The van der Waals surface area contributed by atoms with E-state index in [9.17, 15) is 0 Å². The quantitative estimate of drug-likeness (QED) is 0.741. The molecule has 0 amide bonds. The van der Waals surface area contributed by atoms with Gasteiger partial charge in [0.1, 0.15) is 5.52 Å². The zero-order valence-electron chi connectivity index (χ0n) is 11.6. The third kappa shape index (κ3) is 2.26. The lowest BCUT2D eigenvalue weighted by molar-refractivity contribution is 0.342. The number of anilines is 1. The van der Waals surface area contributed by atoms with E-state index in [0.29, 0.717) is 0 Å². The van der Waals surface area contributed by atoms with Gasteiger partial charge in [0, 0.05) is 5.69 Å². The molecule has 0 saturated heterocycles. The van der Waals surface area contributed by atoms with Crippen LogP contribution in [0.5, 0.6) is 0 Å². The predicted octanol–water partition coefficient (Wildman–Crippen LogP) is 3.06. The molecular weight excluding hydrogens is 250 g/mol. The summed E-state index contributed by atoms with van der Waals surface area (Å²) in [6.07, 6.45) is 1.47. The van der Waals surface area contributed by atoms with Crippen molar-refractivity contribution in [3.63, 3.8) is 0 Å². The Morgan fingerprint density at radius 1 is 1.05 bits per heavy atom. The average Bonchev–Trinajstić information content (AvgIpc) is 2.88. The van der Waals surface area contributed by atoms with E-state index in [1.165, 1.54) is 17.5 Å². The summed E-state index contributed by atoms with van der Waals surface area (Å²) in [5, 5.41) is 0. The molecule has 0 aliphatic rings. The first-order valence-corrected chi connectivity index (χ1v) is 6.50. The number of nitrogens with two attached hydrogens (primary N) is 1. The molecule has 0 bridgehead atoms. The second-order valence-electron chi connectivity index (χ2n) is 5.11. The fraction of sp³-hybridized carbons (Fsp3) is 0.188. The van der Waals surface area contributed by atoms with Crippen LogP contribution >= 0.6 is 0 Å². The van der Waals surface area contributed by atoms with Crippen molar-refractivity contribution in [2.75, 3.05) is 19.8 Å². The maximum atomic E-state index is 5.77. The van der Waals surface area contributed by atoms with Crippen LogP contribution in [0.1, 0.15) is 17.2 Å². The summed E-state index contributed by atoms with van der Waals surface area (Å²) in [7, 11) is 4.12. The number of hydrogen-bond acceptors (Lipinski definition) is 4. The normalized spacial score (nSPS) is 12.9. The Labute approximate surface area is 117 Å². The summed E-state index contributed by atoms with van der Waals surface area (Å²) in [4.78, 5) is 6.32. The first-order valence-electron chi connectivity index (χ1n) is 6.50. The molecule has 0 saturated carbocycles. The summed E-state index contributed by atoms with van der Waals surface area (Å²) >= 11 is 0. The monoisotopic (exact) mass is 267 g/mol. The molecule has 0 aliphatic heterocycles. The lowest BCUT2D eigenvalue weighted by Gasteiger charge is -2.25. The largest absolute Gasteiger partial charge is 0.443 e. The smallest absolute Gasteiger partial charge is 0.181 e. The number of fused-ring (bicyclic) bond motifs is 1. The lowest BCUT2D eigenvalue weighted by Crippen LogP contribution is -2.21. The average molecular weight is 267 g/mol. The standard InChI is InChI=1S/C16H17N3O/c1-19(2)16(11-3-6-13(17)7-4-11)12-5-8-14-15(9-12)20-10-18-14/h3-10,16H,17H2,1-2H3. The minimum atomic E-state index is 0.157. The highest BCUT2D eigenvalue weighted by molar-refractivity contribution is 5.73. The Kier molecular flexibility index (Phi) is 3.16. The molecule has 4 heteroatoms. The molecule has 2 aromatic carbocycles. The number of oxazole rings is 1. The van der Waals surface area contributed by atoms with Crippen molar-refractivity contribution >= 4 is 16.8 Å².